The van der Waals surface area contributed by atoms with E-state index in [4.69, 9.17) is 5.11 Å². The second-order valence-electron chi connectivity index (χ2n) is 5.21. The number of fused-ring (bicyclic) bond motifs is 1. The Balaban J connectivity index is 1.98. The molecule has 1 aliphatic rings. The van der Waals surface area contributed by atoms with Crippen molar-refractivity contribution >= 4 is 11.4 Å². The van der Waals surface area contributed by atoms with Crippen LogP contribution in [-0.2, 0) is 13.0 Å². The van der Waals surface area contributed by atoms with E-state index in [1.54, 1.807) is 0 Å². The molecule has 98 valence electrons. The smallest absolute Gasteiger partial charge is 0.0681 e. The van der Waals surface area contributed by atoms with Crippen LogP contribution in [0.2, 0.25) is 0 Å². The SMILES string of the molecule is Cc1ccc2c(c1)CCCN2c1ccc(CO)cc1. The molecule has 0 aromatic heterocycles. The van der Waals surface area contributed by atoms with Crippen LogP contribution in [0.4, 0.5) is 11.4 Å². The Hall–Kier alpha value is -1.80. The first-order valence-electron chi connectivity index (χ1n) is 6.85. The van der Waals surface area contributed by atoms with Crippen LogP contribution in [0.3, 0.4) is 0 Å². The van der Waals surface area contributed by atoms with Gasteiger partial charge in [-0.2, -0.15) is 0 Å². The van der Waals surface area contributed by atoms with E-state index in [0.29, 0.717) is 0 Å². The minimum atomic E-state index is 0.107. The fourth-order valence-electron chi connectivity index (χ4n) is 2.78. The summed E-state index contributed by atoms with van der Waals surface area (Å²) in [5, 5.41) is 9.11. The second kappa shape index (κ2) is 5.06. The summed E-state index contributed by atoms with van der Waals surface area (Å²) >= 11 is 0. The summed E-state index contributed by atoms with van der Waals surface area (Å²) in [6.07, 6.45) is 2.36. The highest BCUT2D eigenvalue weighted by atomic mass is 16.3. The maximum Gasteiger partial charge on any atom is 0.0681 e. The highest BCUT2D eigenvalue weighted by Gasteiger charge is 2.17. The second-order valence-corrected chi connectivity index (χ2v) is 5.21. The molecule has 19 heavy (non-hydrogen) atoms. The Morgan fingerprint density at radius 3 is 2.63 bits per heavy atom. The van der Waals surface area contributed by atoms with E-state index in [2.05, 4.69) is 42.2 Å². The highest BCUT2D eigenvalue weighted by molar-refractivity contribution is 5.68. The van der Waals surface area contributed by atoms with Crippen molar-refractivity contribution in [3.8, 4) is 0 Å². The first-order chi connectivity index (χ1) is 9.28. The van der Waals surface area contributed by atoms with Gasteiger partial charge in [0.15, 0.2) is 0 Å². The van der Waals surface area contributed by atoms with Gasteiger partial charge in [-0.3, -0.25) is 0 Å². The zero-order valence-electron chi connectivity index (χ0n) is 11.3. The third-order valence-corrected chi connectivity index (χ3v) is 3.78. The molecule has 2 heteroatoms. The molecule has 0 aliphatic carbocycles. The van der Waals surface area contributed by atoms with Crippen molar-refractivity contribution in [3.63, 3.8) is 0 Å². The maximum absolute atomic E-state index is 9.11. The number of benzene rings is 2. The lowest BCUT2D eigenvalue weighted by Crippen LogP contribution is -2.24. The molecular weight excluding hydrogens is 234 g/mol. The molecule has 0 atom stereocenters. The van der Waals surface area contributed by atoms with E-state index >= 15 is 0 Å². The van der Waals surface area contributed by atoms with Crippen LogP contribution in [0.5, 0.6) is 0 Å². The molecule has 0 saturated heterocycles. The minimum absolute atomic E-state index is 0.107. The molecule has 0 bridgehead atoms. The quantitative estimate of drug-likeness (QED) is 0.884. The van der Waals surface area contributed by atoms with Gasteiger partial charge >= 0.3 is 0 Å². The number of anilines is 2. The number of hydrogen-bond donors (Lipinski definition) is 1. The first kappa shape index (κ1) is 12.2. The number of hydrogen-bond acceptors (Lipinski definition) is 2. The normalized spacial score (nSPS) is 14.3. The monoisotopic (exact) mass is 253 g/mol. The standard InChI is InChI=1S/C17H19NO/c1-13-4-9-17-15(11-13)3-2-10-18(17)16-7-5-14(12-19)6-8-16/h4-9,11,19H,2-3,10,12H2,1H3. The van der Waals surface area contributed by atoms with Crippen molar-refractivity contribution in [2.24, 2.45) is 0 Å². The van der Waals surface area contributed by atoms with Gasteiger partial charge in [-0.25, -0.2) is 0 Å². The molecule has 3 rings (SSSR count). The molecule has 0 unspecified atom stereocenters. The van der Waals surface area contributed by atoms with E-state index < -0.39 is 0 Å². The summed E-state index contributed by atoms with van der Waals surface area (Å²) in [7, 11) is 0. The van der Waals surface area contributed by atoms with Gasteiger partial charge in [-0.05, 0) is 49.1 Å². The fraction of sp³-hybridized carbons (Fsp3) is 0.294. The highest BCUT2D eigenvalue weighted by Crippen LogP contribution is 2.33. The van der Waals surface area contributed by atoms with Gasteiger partial charge < -0.3 is 10.0 Å². The molecule has 0 amide bonds. The number of aliphatic hydroxyl groups is 1. The Morgan fingerprint density at radius 2 is 1.89 bits per heavy atom. The van der Waals surface area contributed by atoms with Gasteiger partial charge in [-0.1, -0.05) is 29.8 Å². The summed E-state index contributed by atoms with van der Waals surface area (Å²) in [5.74, 6) is 0. The molecule has 1 N–H and O–H groups in total. The summed E-state index contributed by atoms with van der Waals surface area (Å²) < 4.78 is 0. The van der Waals surface area contributed by atoms with E-state index in [1.165, 1.54) is 35.3 Å². The zero-order chi connectivity index (χ0) is 13.2. The van der Waals surface area contributed by atoms with E-state index in [-0.39, 0.29) is 6.61 Å². The van der Waals surface area contributed by atoms with Gasteiger partial charge in [0, 0.05) is 17.9 Å². The third kappa shape index (κ3) is 2.36. The summed E-state index contributed by atoms with van der Waals surface area (Å²) in [4.78, 5) is 2.37. The molecule has 0 fully saturated rings. The van der Waals surface area contributed by atoms with E-state index in [0.717, 1.165) is 12.1 Å². The Kier molecular flexibility index (Phi) is 3.26. The van der Waals surface area contributed by atoms with Crippen molar-refractivity contribution < 1.29 is 5.11 Å². The molecule has 1 heterocycles. The van der Waals surface area contributed by atoms with Gasteiger partial charge in [0.25, 0.3) is 0 Å². The first-order valence-corrected chi connectivity index (χ1v) is 6.85. The number of rotatable bonds is 2. The van der Waals surface area contributed by atoms with Crippen molar-refractivity contribution in [3.05, 3.63) is 59.2 Å². The van der Waals surface area contributed by atoms with Gasteiger partial charge in [0.2, 0.25) is 0 Å². The summed E-state index contributed by atoms with van der Waals surface area (Å²) in [5.41, 5.74) is 6.27. The topological polar surface area (TPSA) is 23.5 Å². The molecule has 1 aliphatic heterocycles. The predicted octanol–water partition coefficient (Wildman–Crippen LogP) is 3.57. The molecule has 2 nitrogen and oxygen atoms in total. The van der Waals surface area contributed by atoms with Crippen LogP contribution in [0.25, 0.3) is 0 Å². The van der Waals surface area contributed by atoms with Crippen LogP contribution >= 0.6 is 0 Å². The Bertz CT molecular complexity index is 574. The van der Waals surface area contributed by atoms with Crippen LogP contribution in [-0.4, -0.2) is 11.7 Å². The van der Waals surface area contributed by atoms with Crippen molar-refractivity contribution in [1.82, 2.24) is 0 Å². The van der Waals surface area contributed by atoms with Crippen LogP contribution in [0.15, 0.2) is 42.5 Å². The minimum Gasteiger partial charge on any atom is -0.392 e. The summed E-state index contributed by atoms with van der Waals surface area (Å²) in [6.45, 7) is 3.32. The molecule has 2 aromatic carbocycles. The lowest BCUT2D eigenvalue weighted by Gasteiger charge is -2.31. The average Bonchev–Trinajstić information content (AvgIpc) is 2.46. The van der Waals surface area contributed by atoms with E-state index in [1.807, 2.05) is 12.1 Å². The largest absolute Gasteiger partial charge is 0.392 e. The van der Waals surface area contributed by atoms with E-state index in [9.17, 15) is 0 Å². The molecule has 0 radical (unpaired) electrons. The fourth-order valence-corrected chi connectivity index (χ4v) is 2.78. The van der Waals surface area contributed by atoms with Crippen LogP contribution in [0, 0.1) is 6.92 Å². The predicted molar refractivity (Wildman–Crippen MR) is 78.9 cm³/mol. The van der Waals surface area contributed by atoms with Gasteiger partial charge in [0.05, 0.1) is 6.61 Å². The van der Waals surface area contributed by atoms with Crippen molar-refractivity contribution in [2.75, 3.05) is 11.4 Å². The molecule has 0 saturated carbocycles. The zero-order valence-corrected chi connectivity index (χ0v) is 11.3. The Labute approximate surface area is 114 Å². The van der Waals surface area contributed by atoms with Crippen molar-refractivity contribution in [1.29, 1.82) is 0 Å². The lowest BCUT2D eigenvalue weighted by atomic mass is 9.99. The average molecular weight is 253 g/mol. The molecule has 2 aromatic rings. The lowest BCUT2D eigenvalue weighted by molar-refractivity contribution is 0.282. The number of nitrogens with zero attached hydrogens (tertiary/aromatic N) is 1. The Morgan fingerprint density at radius 1 is 1.11 bits per heavy atom. The summed E-state index contributed by atoms with van der Waals surface area (Å²) in [6, 6.07) is 14.9. The molecular formula is C17H19NO. The maximum atomic E-state index is 9.11. The molecule has 0 spiro atoms. The van der Waals surface area contributed by atoms with Crippen LogP contribution in [0.1, 0.15) is 23.1 Å². The van der Waals surface area contributed by atoms with Crippen molar-refractivity contribution in [2.45, 2.75) is 26.4 Å². The number of aliphatic hydroxyl groups excluding tert-OH is 1. The van der Waals surface area contributed by atoms with Gasteiger partial charge in [-0.15, -0.1) is 0 Å². The van der Waals surface area contributed by atoms with Gasteiger partial charge in [0.1, 0.15) is 0 Å². The third-order valence-electron chi connectivity index (χ3n) is 3.78. The van der Waals surface area contributed by atoms with Crippen LogP contribution < -0.4 is 4.90 Å². The number of aryl methyl sites for hydroxylation is 2.